The molecule has 8 heteroatoms. The Morgan fingerprint density at radius 3 is 2.43 bits per heavy atom. The van der Waals surface area contributed by atoms with Crippen molar-refractivity contribution in [2.24, 2.45) is 0 Å². The number of carbonyl (C=O) groups is 1. The van der Waals surface area contributed by atoms with Gasteiger partial charge in [-0.1, -0.05) is 11.8 Å². The van der Waals surface area contributed by atoms with Crippen LogP contribution in [-0.2, 0) is 11.3 Å². The Balaban J connectivity index is 2.41. The van der Waals surface area contributed by atoms with Gasteiger partial charge in [0, 0.05) is 17.2 Å². The van der Waals surface area contributed by atoms with Crippen molar-refractivity contribution in [3.63, 3.8) is 0 Å². The van der Waals surface area contributed by atoms with Crippen LogP contribution in [0.25, 0.3) is 0 Å². The summed E-state index contributed by atoms with van der Waals surface area (Å²) in [6, 6.07) is 7.85. The number of nitrogens with one attached hydrogen (secondary N) is 1. The summed E-state index contributed by atoms with van der Waals surface area (Å²) in [6.07, 6.45) is -0.857. The Morgan fingerprint density at radius 2 is 1.89 bits per heavy atom. The summed E-state index contributed by atoms with van der Waals surface area (Å²) in [5.74, 6) is 5.08. The van der Waals surface area contributed by atoms with Crippen LogP contribution in [0.5, 0.6) is 0 Å². The topological polar surface area (TPSA) is 102 Å². The highest BCUT2D eigenvalue weighted by Crippen LogP contribution is 2.29. The van der Waals surface area contributed by atoms with E-state index in [0.29, 0.717) is 5.56 Å². The van der Waals surface area contributed by atoms with E-state index in [-0.39, 0.29) is 16.8 Å². The van der Waals surface area contributed by atoms with E-state index in [1.165, 1.54) is 30.3 Å². The Labute approximate surface area is 161 Å². The molecular formula is C20H19FN2O5. The van der Waals surface area contributed by atoms with E-state index >= 15 is 0 Å². The first-order valence-corrected chi connectivity index (χ1v) is 8.29. The van der Waals surface area contributed by atoms with E-state index in [0.717, 1.165) is 6.07 Å². The highest BCUT2D eigenvalue weighted by Gasteiger charge is 2.22. The Kier molecular flexibility index (Phi) is 6.33. The molecule has 0 saturated carbocycles. The number of aliphatic hydroxyl groups excluding tert-OH is 1. The second kappa shape index (κ2) is 8.50. The van der Waals surface area contributed by atoms with Crippen molar-refractivity contribution in [2.45, 2.75) is 33.0 Å². The Bertz CT molecular complexity index is 954. The molecular weight excluding hydrogens is 367 g/mol. The second-order valence-electron chi connectivity index (χ2n) is 6.83. The van der Waals surface area contributed by atoms with Gasteiger partial charge < -0.3 is 9.84 Å². The maximum atomic E-state index is 13.0. The fourth-order valence-corrected chi connectivity index (χ4v) is 2.22. The molecule has 2 N–H and O–H groups in total. The quantitative estimate of drug-likeness (QED) is 0.472. The van der Waals surface area contributed by atoms with Gasteiger partial charge in [-0.05, 0) is 56.7 Å². The minimum Gasteiger partial charge on any atom is -0.444 e. The molecule has 0 atom stereocenters. The number of halogens is 1. The molecule has 0 heterocycles. The van der Waals surface area contributed by atoms with Crippen LogP contribution in [0.1, 0.15) is 37.5 Å². The lowest BCUT2D eigenvalue weighted by Crippen LogP contribution is -2.27. The number of rotatable bonds is 3. The van der Waals surface area contributed by atoms with Gasteiger partial charge in [-0.25, -0.2) is 9.18 Å². The lowest BCUT2D eigenvalue weighted by atomic mass is 10.0. The lowest BCUT2D eigenvalue weighted by Gasteiger charge is -2.19. The molecule has 0 saturated heterocycles. The van der Waals surface area contributed by atoms with Crippen LogP contribution in [0.4, 0.5) is 20.6 Å². The van der Waals surface area contributed by atoms with Crippen molar-refractivity contribution in [3.8, 4) is 11.8 Å². The molecule has 28 heavy (non-hydrogen) atoms. The fraction of sp³-hybridized carbons (Fsp3) is 0.250. The molecule has 2 aromatic carbocycles. The average Bonchev–Trinajstić information content (AvgIpc) is 2.59. The fourth-order valence-electron chi connectivity index (χ4n) is 2.22. The smallest absolute Gasteiger partial charge is 0.412 e. The zero-order valence-electron chi connectivity index (χ0n) is 15.6. The monoisotopic (exact) mass is 386 g/mol. The molecule has 0 radical (unpaired) electrons. The molecule has 0 aliphatic carbocycles. The predicted octanol–water partition coefficient (Wildman–Crippen LogP) is 3.97. The van der Waals surface area contributed by atoms with Crippen molar-refractivity contribution < 1.29 is 24.0 Å². The van der Waals surface area contributed by atoms with Crippen molar-refractivity contribution in [2.75, 3.05) is 5.32 Å². The van der Waals surface area contributed by atoms with Crippen LogP contribution in [0.2, 0.25) is 0 Å². The average molecular weight is 386 g/mol. The SMILES string of the molecule is CC(C)(C)OC(=O)Nc1cc(CO)c(C#Cc2ccc(F)cc2)cc1[N+](=O)[O-]. The number of aliphatic hydroxyl groups is 1. The number of hydrogen-bond acceptors (Lipinski definition) is 5. The first kappa shape index (κ1) is 20.9. The summed E-state index contributed by atoms with van der Waals surface area (Å²) in [5, 5.41) is 23.3. The number of ether oxygens (including phenoxy) is 1. The molecule has 0 aliphatic rings. The number of carbonyl (C=O) groups excluding carboxylic acids is 1. The minimum atomic E-state index is -0.857. The number of nitro benzene ring substituents is 1. The van der Waals surface area contributed by atoms with Gasteiger partial charge in [0.25, 0.3) is 5.69 Å². The first-order valence-electron chi connectivity index (χ1n) is 8.29. The van der Waals surface area contributed by atoms with Gasteiger partial charge in [-0.15, -0.1) is 0 Å². The molecule has 2 aromatic rings. The maximum absolute atomic E-state index is 13.0. The van der Waals surface area contributed by atoms with Crippen molar-refractivity contribution >= 4 is 17.5 Å². The molecule has 0 aliphatic heterocycles. The van der Waals surface area contributed by atoms with Gasteiger partial charge in [0.2, 0.25) is 0 Å². The summed E-state index contributed by atoms with van der Waals surface area (Å²) in [5.41, 5.74) is -0.287. The van der Waals surface area contributed by atoms with Crippen LogP contribution in [0.3, 0.4) is 0 Å². The highest BCUT2D eigenvalue weighted by molar-refractivity contribution is 5.88. The number of nitro groups is 1. The van der Waals surface area contributed by atoms with Crippen LogP contribution in [0.15, 0.2) is 36.4 Å². The lowest BCUT2D eigenvalue weighted by molar-refractivity contribution is -0.384. The van der Waals surface area contributed by atoms with Crippen LogP contribution >= 0.6 is 0 Å². The molecule has 2 rings (SSSR count). The molecule has 0 fully saturated rings. The summed E-state index contributed by atoms with van der Waals surface area (Å²) >= 11 is 0. The van der Waals surface area contributed by atoms with Crippen molar-refractivity contribution in [3.05, 3.63) is 69.0 Å². The third kappa shape index (κ3) is 5.79. The summed E-state index contributed by atoms with van der Waals surface area (Å²) in [4.78, 5) is 22.7. The number of nitrogens with zero attached hydrogens (tertiary/aromatic N) is 1. The summed E-state index contributed by atoms with van der Waals surface area (Å²) in [6.45, 7) is 4.53. The van der Waals surface area contributed by atoms with Gasteiger partial charge in [0.1, 0.15) is 17.1 Å². The molecule has 146 valence electrons. The van der Waals surface area contributed by atoms with E-state index in [9.17, 15) is 24.4 Å². The van der Waals surface area contributed by atoms with Crippen LogP contribution < -0.4 is 5.32 Å². The zero-order chi connectivity index (χ0) is 20.9. The number of hydrogen-bond donors (Lipinski definition) is 2. The Hall–Kier alpha value is -3.44. The van der Waals surface area contributed by atoms with E-state index in [2.05, 4.69) is 17.2 Å². The Morgan fingerprint density at radius 1 is 1.25 bits per heavy atom. The van der Waals surface area contributed by atoms with Gasteiger partial charge in [-0.2, -0.15) is 0 Å². The summed E-state index contributed by atoms with van der Waals surface area (Å²) in [7, 11) is 0. The zero-order valence-corrected chi connectivity index (χ0v) is 15.6. The first-order chi connectivity index (χ1) is 13.1. The molecule has 0 unspecified atom stereocenters. The minimum absolute atomic E-state index is 0.115. The largest absolute Gasteiger partial charge is 0.444 e. The molecule has 0 aromatic heterocycles. The predicted molar refractivity (Wildman–Crippen MR) is 101 cm³/mol. The standard InChI is InChI=1S/C20H19FN2O5/c1-20(2,3)28-19(25)22-17-10-15(12-24)14(11-18(17)23(26)27)7-4-13-5-8-16(21)9-6-13/h5-6,8-11,24H,12H2,1-3H3,(H,22,25). The molecule has 1 amide bonds. The van der Waals surface area contributed by atoms with E-state index in [1.807, 2.05) is 0 Å². The number of amides is 1. The van der Waals surface area contributed by atoms with Crippen LogP contribution in [0, 0.1) is 27.8 Å². The van der Waals surface area contributed by atoms with Crippen molar-refractivity contribution in [1.29, 1.82) is 0 Å². The highest BCUT2D eigenvalue weighted by atomic mass is 19.1. The molecule has 0 bridgehead atoms. The number of benzene rings is 2. The molecule has 0 spiro atoms. The van der Waals surface area contributed by atoms with Gasteiger partial charge in [0.15, 0.2) is 0 Å². The van der Waals surface area contributed by atoms with Crippen LogP contribution in [-0.4, -0.2) is 21.7 Å². The van der Waals surface area contributed by atoms with Crippen molar-refractivity contribution in [1.82, 2.24) is 0 Å². The van der Waals surface area contributed by atoms with E-state index < -0.39 is 34.7 Å². The maximum Gasteiger partial charge on any atom is 0.412 e. The third-order valence-electron chi connectivity index (χ3n) is 3.41. The van der Waals surface area contributed by atoms with Gasteiger partial charge in [0.05, 0.1) is 11.5 Å². The molecule has 7 nitrogen and oxygen atoms in total. The summed E-state index contributed by atoms with van der Waals surface area (Å²) < 4.78 is 18.1. The second-order valence-corrected chi connectivity index (χ2v) is 6.83. The van der Waals surface area contributed by atoms with E-state index in [1.54, 1.807) is 20.8 Å². The van der Waals surface area contributed by atoms with E-state index in [4.69, 9.17) is 4.74 Å². The normalized spacial score (nSPS) is 10.6. The van der Waals surface area contributed by atoms with Gasteiger partial charge >= 0.3 is 6.09 Å². The van der Waals surface area contributed by atoms with Gasteiger partial charge in [-0.3, -0.25) is 15.4 Å². The number of anilines is 1. The third-order valence-corrected chi connectivity index (χ3v) is 3.41.